The zero-order valence-electron chi connectivity index (χ0n) is 15.7. The van der Waals surface area contributed by atoms with Gasteiger partial charge < -0.3 is 10.6 Å². The fraction of sp³-hybridized carbons (Fsp3) is 0.619. The standard InChI is InChI=1S/C21H28ClN3O2/c22-17-8-6-16(7-9-17)20(10-2-1-3-11-20)23-14-15-25-18(26)21(24-19(25)27)12-4-5-13-21/h6-9,23H,1-5,10-15H2,(H,24,27). The van der Waals surface area contributed by atoms with Crippen LogP contribution < -0.4 is 10.6 Å². The highest BCUT2D eigenvalue weighted by Crippen LogP contribution is 2.38. The molecule has 3 fully saturated rings. The molecule has 2 N–H and O–H groups in total. The second-order valence-corrected chi connectivity index (χ2v) is 8.69. The quantitative estimate of drug-likeness (QED) is 0.749. The van der Waals surface area contributed by atoms with Crippen molar-refractivity contribution in [3.63, 3.8) is 0 Å². The summed E-state index contributed by atoms with van der Waals surface area (Å²) in [5.41, 5.74) is 0.541. The molecule has 3 aliphatic rings. The fourth-order valence-corrected chi connectivity index (χ4v) is 5.22. The molecule has 2 saturated carbocycles. The van der Waals surface area contributed by atoms with Crippen LogP contribution in [0.3, 0.4) is 0 Å². The van der Waals surface area contributed by atoms with E-state index in [1.54, 1.807) is 0 Å². The van der Waals surface area contributed by atoms with Crippen LogP contribution in [0.1, 0.15) is 63.4 Å². The first-order valence-electron chi connectivity index (χ1n) is 10.2. The number of urea groups is 1. The summed E-state index contributed by atoms with van der Waals surface area (Å²) in [6.07, 6.45) is 9.33. The van der Waals surface area contributed by atoms with Gasteiger partial charge in [-0.05, 0) is 43.4 Å². The third kappa shape index (κ3) is 3.47. The number of nitrogens with zero attached hydrogens (tertiary/aromatic N) is 1. The Labute approximate surface area is 165 Å². The Kier molecular flexibility index (Phi) is 5.17. The molecule has 1 aromatic rings. The number of amides is 3. The number of carbonyl (C=O) groups excluding carboxylic acids is 2. The monoisotopic (exact) mass is 389 g/mol. The smallest absolute Gasteiger partial charge is 0.323 e. The minimum atomic E-state index is -0.615. The first-order chi connectivity index (χ1) is 13.0. The van der Waals surface area contributed by atoms with Crippen molar-refractivity contribution in [1.82, 2.24) is 15.5 Å². The molecule has 1 spiro atoms. The number of nitrogens with one attached hydrogen (secondary N) is 2. The van der Waals surface area contributed by atoms with E-state index < -0.39 is 5.54 Å². The van der Waals surface area contributed by atoms with Crippen molar-refractivity contribution in [1.29, 1.82) is 0 Å². The third-order valence-electron chi connectivity index (χ3n) is 6.61. The highest BCUT2D eigenvalue weighted by Gasteiger charge is 2.52. The van der Waals surface area contributed by atoms with E-state index in [-0.39, 0.29) is 17.5 Å². The van der Waals surface area contributed by atoms with E-state index in [0.717, 1.165) is 43.5 Å². The summed E-state index contributed by atoms with van der Waals surface area (Å²) in [5.74, 6) is -0.0315. The molecule has 0 radical (unpaired) electrons. The van der Waals surface area contributed by atoms with Crippen LogP contribution in [-0.4, -0.2) is 35.5 Å². The molecule has 0 unspecified atom stereocenters. The minimum Gasteiger partial charge on any atom is -0.323 e. The predicted molar refractivity (Wildman–Crippen MR) is 106 cm³/mol. The van der Waals surface area contributed by atoms with Gasteiger partial charge in [0.1, 0.15) is 5.54 Å². The van der Waals surface area contributed by atoms with Gasteiger partial charge in [0.05, 0.1) is 0 Å². The molecule has 0 aromatic heterocycles. The van der Waals surface area contributed by atoms with Crippen LogP contribution in [0.5, 0.6) is 0 Å². The lowest BCUT2D eigenvalue weighted by Gasteiger charge is -2.39. The second-order valence-electron chi connectivity index (χ2n) is 8.25. The first kappa shape index (κ1) is 18.8. The van der Waals surface area contributed by atoms with E-state index in [9.17, 15) is 9.59 Å². The molecular formula is C21H28ClN3O2. The number of rotatable bonds is 5. The summed E-state index contributed by atoms with van der Waals surface area (Å²) in [5, 5.41) is 7.40. The van der Waals surface area contributed by atoms with E-state index >= 15 is 0 Å². The number of benzene rings is 1. The van der Waals surface area contributed by atoms with Gasteiger partial charge in [-0.1, -0.05) is 55.8 Å². The number of halogens is 1. The van der Waals surface area contributed by atoms with E-state index in [0.29, 0.717) is 13.1 Å². The van der Waals surface area contributed by atoms with Gasteiger partial charge >= 0.3 is 6.03 Å². The molecule has 1 aromatic carbocycles. The van der Waals surface area contributed by atoms with Crippen molar-refractivity contribution in [2.24, 2.45) is 0 Å². The number of carbonyl (C=O) groups is 2. The molecule has 5 nitrogen and oxygen atoms in total. The van der Waals surface area contributed by atoms with Crippen LogP contribution in [0.25, 0.3) is 0 Å². The Balaban J connectivity index is 1.43. The lowest BCUT2D eigenvalue weighted by molar-refractivity contribution is -0.131. The van der Waals surface area contributed by atoms with E-state index in [1.807, 2.05) is 12.1 Å². The maximum atomic E-state index is 12.8. The van der Waals surface area contributed by atoms with Crippen LogP contribution >= 0.6 is 11.6 Å². The second kappa shape index (κ2) is 7.44. The molecule has 6 heteroatoms. The average molecular weight is 390 g/mol. The van der Waals surface area contributed by atoms with Gasteiger partial charge in [-0.2, -0.15) is 0 Å². The van der Waals surface area contributed by atoms with Gasteiger partial charge in [0.15, 0.2) is 0 Å². The van der Waals surface area contributed by atoms with Crippen molar-refractivity contribution in [3.05, 3.63) is 34.9 Å². The van der Waals surface area contributed by atoms with Crippen LogP contribution in [0, 0.1) is 0 Å². The van der Waals surface area contributed by atoms with Crippen molar-refractivity contribution >= 4 is 23.5 Å². The third-order valence-corrected chi connectivity index (χ3v) is 6.86. The van der Waals surface area contributed by atoms with Gasteiger partial charge in [-0.3, -0.25) is 9.69 Å². The van der Waals surface area contributed by atoms with Crippen LogP contribution in [0.4, 0.5) is 4.79 Å². The first-order valence-corrected chi connectivity index (χ1v) is 10.6. The van der Waals surface area contributed by atoms with Crippen LogP contribution in [0.15, 0.2) is 24.3 Å². The van der Waals surface area contributed by atoms with Crippen LogP contribution in [-0.2, 0) is 10.3 Å². The fourth-order valence-electron chi connectivity index (χ4n) is 5.10. The van der Waals surface area contributed by atoms with Crippen LogP contribution in [0.2, 0.25) is 5.02 Å². The van der Waals surface area contributed by atoms with Gasteiger partial charge in [-0.15, -0.1) is 0 Å². The predicted octanol–water partition coefficient (Wildman–Crippen LogP) is 3.95. The topological polar surface area (TPSA) is 61.4 Å². The van der Waals surface area contributed by atoms with E-state index in [1.165, 1.54) is 29.7 Å². The van der Waals surface area contributed by atoms with Crippen molar-refractivity contribution in [3.8, 4) is 0 Å². The largest absolute Gasteiger partial charge is 0.325 e. The molecular weight excluding hydrogens is 362 g/mol. The summed E-state index contributed by atoms with van der Waals surface area (Å²) in [7, 11) is 0. The van der Waals surface area contributed by atoms with E-state index in [2.05, 4.69) is 22.8 Å². The minimum absolute atomic E-state index is 0.0315. The summed E-state index contributed by atoms with van der Waals surface area (Å²) < 4.78 is 0. The Hall–Kier alpha value is -1.59. The summed E-state index contributed by atoms with van der Waals surface area (Å²) >= 11 is 6.07. The summed E-state index contributed by atoms with van der Waals surface area (Å²) in [6, 6.07) is 7.85. The maximum Gasteiger partial charge on any atom is 0.325 e. The highest BCUT2D eigenvalue weighted by atomic mass is 35.5. The van der Waals surface area contributed by atoms with Gasteiger partial charge in [0, 0.05) is 23.7 Å². The van der Waals surface area contributed by atoms with Gasteiger partial charge in [0.25, 0.3) is 5.91 Å². The molecule has 0 bridgehead atoms. The average Bonchev–Trinajstić information content (AvgIpc) is 3.23. The summed E-state index contributed by atoms with van der Waals surface area (Å²) in [4.78, 5) is 26.6. The van der Waals surface area contributed by atoms with Crippen molar-refractivity contribution in [2.45, 2.75) is 68.9 Å². The molecule has 0 atom stereocenters. The SMILES string of the molecule is O=C1NC2(CCCC2)C(=O)N1CCNC1(c2ccc(Cl)cc2)CCCCC1. The molecule has 3 amide bonds. The molecule has 146 valence electrons. The molecule has 2 aliphatic carbocycles. The number of hydrogen-bond acceptors (Lipinski definition) is 3. The molecule has 27 heavy (non-hydrogen) atoms. The molecule has 1 aliphatic heterocycles. The lowest BCUT2D eigenvalue weighted by Crippen LogP contribution is -2.48. The number of hydrogen-bond donors (Lipinski definition) is 2. The lowest BCUT2D eigenvalue weighted by atomic mass is 9.76. The van der Waals surface area contributed by atoms with Gasteiger partial charge in [-0.25, -0.2) is 4.79 Å². The van der Waals surface area contributed by atoms with Crippen molar-refractivity contribution < 1.29 is 9.59 Å². The number of imide groups is 1. The molecule has 1 saturated heterocycles. The zero-order chi connectivity index (χ0) is 18.9. The Morgan fingerprint density at radius 2 is 1.59 bits per heavy atom. The highest BCUT2D eigenvalue weighted by molar-refractivity contribution is 6.30. The Bertz CT molecular complexity index is 707. The molecule has 4 rings (SSSR count). The maximum absolute atomic E-state index is 12.8. The van der Waals surface area contributed by atoms with Crippen molar-refractivity contribution in [2.75, 3.05) is 13.1 Å². The van der Waals surface area contributed by atoms with Gasteiger partial charge in [0.2, 0.25) is 0 Å². The zero-order valence-corrected chi connectivity index (χ0v) is 16.5. The Morgan fingerprint density at radius 3 is 2.26 bits per heavy atom. The Morgan fingerprint density at radius 1 is 0.963 bits per heavy atom. The molecule has 1 heterocycles. The van der Waals surface area contributed by atoms with E-state index in [4.69, 9.17) is 11.6 Å². The normalized spacial score (nSPS) is 23.8. The summed E-state index contributed by atoms with van der Waals surface area (Å²) in [6.45, 7) is 1.03.